The first kappa shape index (κ1) is 20.6. The number of hydrogen-bond donors (Lipinski definition) is 1. The number of nitrogens with one attached hydrogen (secondary N) is 1. The van der Waals surface area contributed by atoms with Gasteiger partial charge in [0, 0.05) is 11.1 Å². The molecule has 0 spiro atoms. The van der Waals surface area contributed by atoms with Crippen molar-refractivity contribution in [1.82, 2.24) is 4.72 Å². The van der Waals surface area contributed by atoms with E-state index in [-0.39, 0.29) is 29.3 Å². The molecule has 7 nitrogen and oxygen atoms in total. The lowest BCUT2D eigenvalue weighted by Crippen LogP contribution is -2.25. The van der Waals surface area contributed by atoms with Crippen molar-refractivity contribution >= 4 is 27.6 Å². The van der Waals surface area contributed by atoms with E-state index in [1.54, 1.807) is 18.2 Å². The molecule has 0 saturated carbocycles. The number of esters is 1. The highest BCUT2D eigenvalue weighted by molar-refractivity contribution is 7.90. The average Bonchev–Trinajstić information content (AvgIpc) is 2.94. The fourth-order valence-electron chi connectivity index (χ4n) is 2.70. The summed E-state index contributed by atoms with van der Waals surface area (Å²) in [7, 11) is -3.67. The summed E-state index contributed by atoms with van der Waals surface area (Å²) in [6.07, 6.45) is -1.41. The van der Waals surface area contributed by atoms with Crippen LogP contribution < -0.4 is 4.72 Å². The Bertz CT molecular complexity index is 1120. The van der Waals surface area contributed by atoms with Crippen LogP contribution in [-0.2, 0) is 19.6 Å². The van der Waals surface area contributed by atoms with Gasteiger partial charge in [0.05, 0.1) is 17.9 Å². The van der Waals surface area contributed by atoms with Gasteiger partial charge in [-0.1, -0.05) is 12.1 Å². The third kappa shape index (κ3) is 4.48. The number of benzene rings is 2. The maximum Gasteiger partial charge on any atom is 0.308 e. The second-order valence-corrected chi connectivity index (χ2v) is 7.86. The second-order valence-electron chi connectivity index (χ2n) is 6.21. The Balaban J connectivity index is 1.58. The summed E-state index contributed by atoms with van der Waals surface area (Å²) in [4.78, 5) is 28.3. The molecule has 0 bridgehead atoms. The summed E-state index contributed by atoms with van der Waals surface area (Å²) in [5.74, 6) is -3.56. The summed E-state index contributed by atoms with van der Waals surface area (Å²) >= 11 is 0. The molecule has 152 valence electrons. The van der Waals surface area contributed by atoms with E-state index < -0.39 is 39.5 Å². The number of Topliss-reactive ketones (excluding diaryl/α,β-unsaturated/α-hetero) is 1. The van der Waals surface area contributed by atoms with Gasteiger partial charge in [0.2, 0.25) is 5.78 Å². The zero-order valence-corrected chi connectivity index (χ0v) is 16.0. The normalized spacial score (nSPS) is 16.7. The minimum Gasteiger partial charge on any atom is -0.454 e. The van der Waals surface area contributed by atoms with Crippen molar-refractivity contribution in [1.29, 1.82) is 0 Å². The van der Waals surface area contributed by atoms with E-state index in [1.807, 2.05) is 0 Å². The summed E-state index contributed by atoms with van der Waals surface area (Å²) in [6, 6.07) is 8.93. The van der Waals surface area contributed by atoms with E-state index >= 15 is 0 Å². The van der Waals surface area contributed by atoms with Crippen LogP contribution >= 0.6 is 0 Å². The highest BCUT2D eigenvalue weighted by atomic mass is 32.2. The lowest BCUT2D eigenvalue weighted by Gasteiger charge is -2.12. The molecule has 1 aliphatic rings. The summed E-state index contributed by atoms with van der Waals surface area (Å²) in [6.45, 7) is 1.24. The van der Waals surface area contributed by atoms with Crippen molar-refractivity contribution in [2.45, 2.75) is 24.3 Å². The number of aliphatic imine (C=N–C) groups is 1. The number of sulfonamides is 1. The molecule has 1 N–H and O–H groups in total. The van der Waals surface area contributed by atoms with Crippen LogP contribution in [-0.4, -0.2) is 38.7 Å². The maximum atomic E-state index is 13.2. The minimum absolute atomic E-state index is 0.0723. The Morgan fingerprint density at radius 1 is 1.14 bits per heavy atom. The van der Waals surface area contributed by atoms with Crippen molar-refractivity contribution in [3.8, 4) is 0 Å². The van der Waals surface area contributed by atoms with Gasteiger partial charge < -0.3 is 4.74 Å². The van der Waals surface area contributed by atoms with E-state index in [1.165, 1.54) is 13.0 Å². The van der Waals surface area contributed by atoms with Gasteiger partial charge >= 0.3 is 5.97 Å². The quantitative estimate of drug-likeness (QED) is 0.568. The van der Waals surface area contributed by atoms with E-state index in [0.717, 1.165) is 18.2 Å². The standard InChI is InChI=1S/C19H16F2N2O5S/c1-11(18(25)12-6-7-14(20)15(21)10-12)28-17(24)8-9-22-19-13-4-2-3-5-16(13)29(26,27)23-19/h2-7,10-11H,8-9H2,1H3,(H,22,23). The van der Waals surface area contributed by atoms with Gasteiger partial charge in [0.15, 0.2) is 17.7 Å². The van der Waals surface area contributed by atoms with Gasteiger partial charge in [-0.2, -0.15) is 0 Å². The topological polar surface area (TPSA) is 102 Å². The number of fused-ring (bicyclic) bond motifs is 1. The highest BCUT2D eigenvalue weighted by Crippen LogP contribution is 2.22. The van der Waals surface area contributed by atoms with Crippen molar-refractivity contribution in [3.05, 3.63) is 65.2 Å². The van der Waals surface area contributed by atoms with E-state index in [0.29, 0.717) is 5.56 Å². The molecule has 29 heavy (non-hydrogen) atoms. The van der Waals surface area contributed by atoms with Gasteiger partial charge in [-0.25, -0.2) is 17.2 Å². The zero-order valence-electron chi connectivity index (χ0n) is 15.2. The SMILES string of the molecule is CC(OC(=O)CCN=C1NS(=O)(=O)c2ccccc21)C(=O)c1ccc(F)c(F)c1. The molecule has 0 aromatic heterocycles. The molecule has 1 unspecified atom stereocenters. The molecule has 0 saturated heterocycles. The predicted molar refractivity (Wildman–Crippen MR) is 99.0 cm³/mol. The van der Waals surface area contributed by atoms with Crippen molar-refractivity contribution < 1.29 is 31.5 Å². The molecule has 1 atom stereocenters. The van der Waals surface area contributed by atoms with Crippen molar-refractivity contribution in [2.24, 2.45) is 4.99 Å². The average molecular weight is 422 g/mol. The number of amidine groups is 1. The first-order valence-corrected chi connectivity index (χ1v) is 10.0. The van der Waals surface area contributed by atoms with Crippen molar-refractivity contribution in [3.63, 3.8) is 0 Å². The number of ketones is 1. The van der Waals surface area contributed by atoms with Gasteiger partial charge in [0.1, 0.15) is 5.84 Å². The number of carbonyl (C=O) groups excluding carboxylic acids is 2. The summed E-state index contributed by atoms with van der Waals surface area (Å²) < 4.78 is 57.5. The maximum absolute atomic E-state index is 13.2. The minimum atomic E-state index is -3.67. The van der Waals surface area contributed by atoms with Crippen LogP contribution in [0.25, 0.3) is 0 Å². The molecule has 2 aromatic carbocycles. The Labute approximate surface area is 165 Å². The molecule has 0 fully saturated rings. The van der Waals surface area contributed by atoms with Crippen LogP contribution in [0.2, 0.25) is 0 Å². The van der Waals surface area contributed by atoms with Crippen molar-refractivity contribution in [2.75, 3.05) is 6.54 Å². The van der Waals surface area contributed by atoms with E-state index in [2.05, 4.69) is 9.71 Å². The Morgan fingerprint density at radius 2 is 1.86 bits per heavy atom. The largest absolute Gasteiger partial charge is 0.454 e. The van der Waals surface area contributed by atoms with Gasteiger partial charge in [-0.05, 0) is 37.3 Å². The molecule has 1 aliphatic heterocycles. The van der Waals surface area contributed by atoms with Crippen LogP contribution in [0.4, 0.5) is 8.78 Å². The number of ether oxygens (including phenoxy) is 1. The second kappa shape index (κ2) is 8.08. The van der Waals surface area contributed by atoms with E-state index in [4.69, 9.17) is 4.74 Å². The molecule has 1 heterocycles. The Hall–Kier alpha value is -3.14. The smallest absolute Gasteiger partial charge is 0.308 e. The fourth-order valence-corrected chi connectivity index (χ4v) is 3.95. The third-order valence-electron chi connectivity index (χ3n) is 4.13. The number of carbonyl (C=O) groups is 2. The highest BCUT2D eigenvalue weighted by Gasteiger charge is 2.30. The lowest BCUT2D eigenvalue weighted by atomic mass is 10.1. The monoisotopic (exact) mass is 422 g/mol. The molecule has 2 aromatic rings. The fraction of sp³-hybridized carbons (Fsp3) is 0.211. The predicted octanol–water partition coefficient (Wildman–Crippen LogP) is 2.21. The number of nitrogens with zero attached hydrogens (tertiary/aromatic N) is 1. The third-order valence-corrected chi connectivity index (χ3v) is 5.53. The van der Waals surface area contributed by atoms with Crippen LogP contribution in [0.15, 0.2) is 52.4 Å². The van der Waals surface area contributed by atoms with Gasteiger partial charge in [0.25, 0.3) is 10.0 Å². The van der Waals surface area contributed by atoms with Gasteiger partial charge in [-0.15, -0.1) is 0 Å². The summed E-state index contributed by atoms with van der Waals surface area (Å²) in [5.41, 5.74) is 0.282. The van der Waals surface area contributed by atoms with Crippen LogP contribution in [0.3, 0.4) is 0 Å². The Morgan fingerprint density at radius 3 is 2.59 bits per heavy atom. The number of halogens is 2. The van der Waals surface area contributed by atoms with Crippen LogP contribution in [0.1, 0.15) is 29.3 Å². The molecule has 0 radical (unpaired) electrons. The van der Waals surface area contributed by atoms with Gasteiger partial charge in [-0.3, -0.25) is 19.3 Å². The van der Waals surface area contributed by atoms with Crippen LogP contribution in [0, 0.1) is 11.6 Å². The number of rotatable bonds is 6. The molecular formula is C19H16F2N2O5S. The summed E-state index contributed by atoms with van der Waals surface area (Å²) in [5, 5.41) is 0. The molecule has 10 heteroatoms. The zero-order chi connectivity index (χ0) is 21.2. The molecular weight excluding hydrogens is 406 g/mol. The molecule has 3 rings (SSSR count). The first-order chi connectivity index (χ1) is 13.7. The molecule has 0 amide bonds. The Kier molecular flexibility index (Phi) is 5.73. The lowest BCUT2D eigenvalue weighted by molar-refractivity contribution is -0.146. The van der Waals surface area contributed by atoms with E-state index in [9.17, 15) is 26.8 Å². The first-order valence-electron chi connectivity index (χ1n) is 8.54. The molecule has 0 aliphatic carbocycles. The number of hydrogen-bond acceptors (Lipinski definition) is 6. The van der Waals surface area contributed by atoms with Crippen LogP contribution in [0.5, 0.6) is 0 Å².